The lowest BCUT2D eigenvalue weighted by Gasteiger charge is -2.39. The normalized spacial score (nSPS) is 45.4. The third-order valence-electron chi connectivity index (χ3n) is 5.51. The molecule has 0 radical (unpaired) electrons. The molecule has 4 rings (SSSR count). The molecule has 0 unspecified atom stereocenters. The van der Waals surface area contributed by atoms with Gasteiger partial charge < -0.3 is 43.4 Å². The summed E-state index contributed by atoms with van der Waals surface area (Å²) in [7, 11) is 0. The zero-order valence-corrected chi connectivity index (χ0v) is 17.3. The number of aliphatic hydroxyl groups is 2. The maximum Gasteiger partial charge on any atom is 0.190 e. The Bertz CT molecular complexity index is 592. The molecule has 162 valence electrons. The molecule has 4 aliphatic heterocycles. The fourth-order valence-electron chi connectivity index (χ4n) is 4.39. The molecule has 0 bridgehead atoms. The van der Waals surface area contributed by atoms with E-state index in [1.165, 1.54) is 0 Å². The molecule has 4 aliphatic rings. The van der Waals surface area contributed by atoms with Crippen LogP contribution in [-0.4, -0.2) is 83.2 Å². The van der Waals surface area contributed by atoms with Crippen LogP contribution in [0.15, 0.2) is 0 Å². The van der Waals surface area contributed by atoms with Gasteiger partial charge in [0.15, 0.2) is 23.7 Å². The summed E-state index contributed by atoms with van der Waals surface area (Å²) in [5, 5.41) is 21.4. The van der Waals surface area contributed by atoms with Crippen LogP contribution in [0.4, 0.5) is 0 Å². The molecule has 4 fully saturated rings. The summed E-state index contributed by atoms with van der Waals surface area (Å²) < 4.78 is 41.1. The zero-order valence-electron chi connectivity index (χ0n) is 17.3. The first kappa shape index (κ1) is 20.9. The summed E-state index contributed by atoms with van der Waals surface area (Å²) >= 11 is 0. The van der Waals surface area contributed by atoms with Crippen LogP contribution in [0.25, 0.3) is 0 Å². The first-order valence-corrected chi connectivity index (χ1v) is 9.90. The molecule has 28 heavy (non-hydrogen) atoms. The lowest BCUT2D eigenvalue weighted by Crippen LogP contribution is -2.59. The Labute approximate surface area is 165 Å². The second kappa shape index (κ2) is 6.83. The standard InChI is InChI=1S/C19H32O9/c1-17(2)22-8-11(24-17)9(20)7-10(21)12-13-14(26-18(3,4)25-13)15-16(23-12)28-19(5,6)27-15/h9-16,20-21H,7-8H2,1-6H3/t9-,10-,11-,12-,13+,14+,15-,16-/m1/s1. The maximum absolute atomic E-state index is 10.9. The van der Waals surface area contributed by atoms with E-state index in [9.17, 15) is 10.2 Å². The third kappa shape index (κ3) is 3.97. The van der Waals surface area contributed by atoms with Gasteiger partial charge in [0.1, 0.15) is 30.5 Å². The summed E-state index contributed by atoms with van der Waals surface area (Å²) in [6, 6.07) is 0. The number of ether oxygens (including phenoxy) is 7. The Balaban J connectivity index is 1.47. The van der Waals surface area contributed by atoms with Crippen LogP contribution in [0.3, 0.4) is 0 Å². The lowest BCUT2D eigenvalue weighted by molar-refractivity contribution is -0.255. The van der Waals surface area contributed by atoms with Crippen LogP contribution in [0.2, 0.25) is 0 Å². The van der Waals surface area contributed by atoms with Crippen molar-refractivity contribution >= 4 is 0 Å². The van der Waals surface area contributed by atoms with Gasteiger partial charge in [-0.1, -0.05) is 0 Å². The fraction of sp³-hybridized carbons (Fsp3) is 1.00. The predicted molar refractivity (Wildman–Crippen MR) is 94.1 cm³/mol. The number of fused-ring (bicyclic) bond motifs is 3. The molecule has 9 heteroatoms. The van der Waals surface area contributed by atoms with Crippen molar-refractivity contribution in [1.82, 2.24) is 0 Å². The van der Waals surface area contributed by atoms with Crippen molar-refractivity contribution < 1.29 is 43.4 Å². The van der Waals surface area contributed by atoms with Crippen molar-refractivity contribution in [2.24, 2.45) is 0 Å². The van der Waals surface area contributed by atoms with E-state index in [0.29, 0.717) is 0 Å². The van der Waals surface area contributed by atoms with Crippen molar-refractivity contribution in [2.45, 2.75) is 114 Å². The van der Waals surface area contributed by atoms with E-state index in [-0.39, 0.29) is 13.0 Å². The molecule has 0 spiro atoms. The second-order valence-electron chi connectivity index (χ2n) is 9.37. The molecule has 0 saturated carbocycles. The highest BCUT2D eigenvalue weighted by atomic mass is 16.9. The van der Waals surface area contributed by atoms with E-state index < -0.39 is 66.4 Å². The molecule has 0 aromatic rings. The second-order valence-corrected chi connectivity index (χ2v) is 9.37. The minimum atomic E-state index is -1.01. The van der Waals surface area contributed by atoms with Gasteiger partial charge in [-0.3, -0.25) is 0 Å². The summed E-state index contributed by atoms with van der Waals surface area (Å²) in [5.74, 6) is -2.41. The molecular formula is C19H32O9. The van der Waals surface area contributed by atoms with Gasteiger partial charge in [-0.05, 0) is 41.5 Å². The summed E-state index contributed by atoms with van der Waals surface area (Å²) in [6.07, 6.45) is -5.27. The first-order chi connectivity index (χ1) is 12.9. The monoisotopic (exact) mass is 404 g/mol. The maximum atomic E-state index is 10.9. The Hall–Kier alpha value is -0.360. The quantitative estimate of drug-likeness (QED) is 0.698. The van der Waals surface area contributed by atoms with E-state index in [0.717, 1.165) is 0 Å². The van der Waals surface area contributed by atoms with E-state index in [4.69, 9.17) is 33.2 Å². The third-order valence-corrected chi connectivity index (χ3v) is 5.51. The average molecular weight is 404 g/mol. The molecule has 4 saturated heterocycles. The molecule has 8 atom stereocenters. The van der Waals surface area contributed by atoms with Crippen LogP contribution in [0.5, 0.6) is 0 Å². The van der Waals surface area contributed by atoms with E-state index in [1.54, 1.807) is 27.7 Å². The Morgan fingerprint density at radius 3 is 2.00 bits per heavy atom. The summed E-state index contributed by atoms with van der Waals surface area (Å²) in [5.41, 5.74) is 0. The minimum absolute atomic E-state index is 0.0451. The van der Waals surface area contributed by atoms with Crippen LogP contribution in [0, 0.1) is 0 Å². The fourth-order valence-corrected chi connectivity index (χ4v) is 4.39. The van der Waals surface area contributed by atoms with Crippen LogP contribution < -0.4 is 0 Å². The smallest absolute Gasteiger partial charge is 0.190 e. The van der Waals surface area contributed by atoms with Gasteiger partial charge in [-0.2, -0.15) is 0 Å². The molecule has 2 N–H and O–H groups in total. The van der Waals surface area contributed by atoms with Gasteiger partial charge in [0, 0.05) is 6.42 Å². The van der Waals surface area contributed by atoms with E-state index >= 15 is 0 Å². The number of rotatable bonds is 4. The molecule has 4 heterocycles. The Morgan fingerprint density at radius 2 is 1.36 bits per heavy atom. The van der Waals surface area contributed by atoms with Gasteiger partial charge in [-0.15, -0.1) is 0 Å². The Morgan fingerprint density at radius 1 is 0.750 bits per heavy atom. The van der Waals surface area contributed by atoms with Crippen molar-refractivity contribution in [3.8, 4) is 0 Å². The zero-order chi connectivity index (χ0) is 20.5. The number of hydrogen-bond donors (Lipinski definition) is 2. The SMILES string of the molecule is CC1(C)O[C@@H]2[C@H](O1)[C@H]1OC(C)(C)O[C@H]1O[C@@H]2[C@H](O)C[C@@H](O)[C@H]1COC(C)(C)O1. The van der Waals surface area contributed by atoms with Gasteiger partial charge in [0.25, 0.3) is 0 Å². The van der Waals surface area contributed by atoms with Crippen LogP contribution in [0.1, 0.15) is 48.0 Å². The Kier molecular flexibility index (Phi) is 5.10. The van der Waals surface area contributed by atoms with E-state index in [2.05, 4.69) is 0 Å². The number of hydrogen-bond acceptors (Lipinski definition) is 9. The first-order valence-electron chi connectivity index (χ1n) is 9.90. The largest absolute Gasteiger partial charge is 0.390 e. The number of aliphatic hydroxyl groups excluding tert-OH is 2. The van der Waals surface area contributed by atoms with Gasteiger partial charge in [0.05, 0.1) is 18.8 Å². The van der Waals surface area contributed by atoms with Gasteiger partial charge in [-0.25, -0.2) is 0 Å². The summed E-state index contributed by atoms with van der Waals surface area (Å²) in [4.78, 5) is 0. The highest BCUT2D eigenvalue weighted by Gasteiger charge is 2.62. The minimum Gasteiger partial charge on any atom is -0.390 e. The van der Waals surface area contributed by atoms with Gasteiger partial charge in [0.2, 0.25) is 0 Å². The topological polar surface area (TPSA) is 105 Å². The predicted octanol–water partition coefficient (Wildman–Crippen LogP) is 0.646. The molecule has 0 aromatic carbocycles. The lowest BCUT2D eigenvalue weighted by atomic mass is 9.92. The average Bonchev–Trinajstić information content (AvgIpc) is 3.16. The van der Waals surface area contributed by atoms with Crippen molar-refractivity contribution in [3.05, 3.63) is 0 Å². The molecule has 9 nitrogen and oxygen atoms in total. The van der Waals surface area contributed by atoms with Crippen LogP contribution in [-0.2, 0) is 33.2 Å². The molecule has 0 aromatic heterocycles. The highest BCUT2D eigenvalue weighted by Crippen LogP contribution is 2.45. The van der Waals surface area contributed by atoms with E-state index in [1.807, 2.05) is 13.8 Å². The van der Waals surface area contributed by atoms with Crippen molar-refractivity contribution in [2.75, 3.05) is 6.61 Å². The van der Waals surface area contributed by atoms with Gasteiger partial charge >= 0.3 is 0 Å². The summed E-state index contributed by atoms with van der Waals surface area (Å²) in [6.45, 7) is 11.1. The molecule has 0 amide bonds. The van der Waals surface area contributed by atoms with Crippen LogP contribution >= 0.6 is 0 Å². The molecule has 0 aliphatic carbocycles. The van der Waals surface area contributed by atoms with Crippen molar-refractivity contribution in [3.63, 3.8) is 0 Å². The van der Waals surface area contributed by atoms with Crippen molar-refractivity contribution in [1.29, 1.82) is 0 Å². The highest BCUT2D eigenvalue weighted by molar-refractivity contribution is 5.02. The molecular weight excluding hydrogens is 372 g/mol.